The Morgan fingerprint density at radius 2 is 0.528 bits per heavy atom. The van der Waals surface area contributed by atoms with E-state index in [4.69, 9.17) is 0 Å². The SMILES string of the molecule is C[Si](C#Cc1ccccc1)(C#Cc1ccccc1)[Si](C)(C#Cc1ccccc1)C#Cc1ccccc1. The highest BCUT2D eigenvalue weighted by Crippen LogP contribution is 2.19. The van der Waals surface area contributed by atoms with Crippen LogP contribution in [0.4, 0.5) is 0 Å². The van der Waals surface area contributed by atoms with E-state index in [1.54, 1.807) is 0 Å². The Labute approximate surface area is 217 Å². The molecule has 4 aromatic carbocycles. The van der Waals surface area contributed by atoms with Gasteiger partial charge in [0.1, 0.15) is 0 Å². The van der Waals surface area contributed by atoms with Gasteiger partial charge in [-0.05, 0) is 61.6 Å². The fraction of sp³-hybridized carbons (Fsp3) is 0.0588. The molecule has 0 radical (unpaired) electrons. The maximum atomic E-state index is 3.67. The summed E-state index contributed by atoms with van der Waals surface area (Å²) in [5.74, 6) is 13.7. The molecule has 0 saturated carbocycles. The van der Waals surface area contributed by atoms with Crippen LogP contribution in [0.25, 0.3) is 0 Å². The summed E-state index contributed by atoms with van der Waals surface area (Å²) in [5, 5.41) is 0. The van der Waals surface area contributed by atoms with Gasteiger partial charge in [0, 0.05) is 22.3 Å². The van der Waals surface area contributed by atoms with Gasteiger partial charge in [-0.25, -0.2) is 0 Å². The Balaban J connectivity index is 1.89. The molecule has 4 rings (SSSR count). The van der Waals surface area contributed by atoms with Crippen molar-refractivity contribution in [3.63, 3.8) is 0 Å². The Kier molecular flexibility index (Phi) is 8.09. The lowest BCUT2D eigenvalue weighted by Gasteiger charge is -2.26. The Morgan fingerprint density at radius 1 is 0.333 bits per heavy atom. The second-order valence-corrected chi connectivity index (χ2v) is 20.2. The standard InChI is InChI=1S/C34H26Si2/c1-35(27-23-31-15-7-3-8-16-31,28-24-32-17-9-4-10-18-32)36(2,29-25-33-19-11-5-12-20-33)30-26-34-21-13-6-14-22-34/h3-22H,1-2H3. The van der Waals surface area contributed by atoms with Gasteiger partial charge in [0.05, 0.1) is 0 Å². The maximum Gasteiger partial charge on any atom is 0.231 e. The molecule has 36 heavy (non-hydrogen) atoms. The number of rotatable bonds is 1. The zero-order valence-corrected chi connectivity index (χ0v) is 22.5. The lowest BCUT2D eigenvalue weighted by molar-refractivity contribution is 1.65. The van der Waals surface area contributed by atoms with E-state index >= 15 is 0 Å². The molecule has 0 N–H and O–H groups in total. The highest BCUT2D eigenvalue weighted by molar-refractivity contribution is 7.53. The minimum absolute atomic E-state index is 0.987. The first-order valence-electron chi connectivity index (χ1n) is 11.9. The van der Waals surface area contributed by atoms with Gasteiger partial charge < -0.3 is 0 Å². The van der Waals surface area contributed by atoms with Gasteiger partial charge in [0.2, 0.25) is 15.2 Å². The van der Waals surface area contributed by atoms with Crippen molar-refractivity contribution in [3.8, 4) is 45.9 Å². The fourth-order valence-electron chi connectivity index (χ4n) is 3.44. The summed E-state index contributed by atoms with van der Waals surface area (Å²) >= 11 is 0. The molecule has 0 bridgehead atoms. The average Bonchev–Trinajstić information content (AvgIpc) is 2.95. The van der Waals surface area contributed by atoms with Crippen molar-refractivity contribution in [1.82, 2.24) is 0 Å². The predicted molar refractivity (Wildman–Crippen MR) is 157 cm³/mol. The zero-order valence-electron chi connectivity index (χ0n) is 20.5. The molecule has 0 nitrogen and oxygen atoms in total. The summed E-state index contributed by atoms with van der Waals surface area (Å²) < 4.78 is 0. The first kappa shape index (κ1) is 24.7. The third-order valence-electron chi connectivity index (χ3n) is 5.92. The molecule has 0 unspecified atom stereocenters. The van der Waals surface area contributed by atoms with Gasteiger partial charge in [0.15, 0.2) is 0 Å². The van der Waals surface area contributed by atoms with Crippen molar-refractivity contribution in [2.75, 3.05) is 0 Å². The molecule has 0 saturated heterocycles. The molecule has 0 amide bonds. The van der Waals surface area contributed by atoms with Crippen molar-refractivity contribution in [2.24, 2.45) is 0 Å². The first-order valence-corrected chi connectivity index (χ1v) is 17.9. The topological polar surface area (TPSA) is 0 Å². The van der Waals surface area contributed by atoms with Crippen LogP contribution in [0, 0.1) is 45.9 Å². The van der Waals surface area contributed by atoms with Crippen LogP contribution in [0.5, 0.6) is 0 Å². The Morgan fingerprint density at radius 3 is 0.722 bits per heavy atom. The van der Waals surface area contributed by atoms with E-state index in [0.29, 0.717) is 0 Å². The van der Waals surface area contributed by atoms with E-state index in [9.17, 15) is 0 Å². The van der Waals surface area contributed by atoms with E-state index in [0.717, 1.165) is 22.3 Å². The minimum atomic E-state index is -2.61. The molecule has 170 valence electrons. The number of benzene rings is 4. The van der Waals surface area contributed by atoms with Crippen molar-refractivity contribution in [3.05, 3.63) is 144 Å². The van der Waals surface area contributed by atoms with Crippen LogP contribution in [0.1, 0.15) is 22.3 Å². The predicted octanol–water partition coefficient (Wildman–Crippen LogP) is 6.59. The molecule has 0 aliphatic heterocycles. The van der Waals surface area contributed by atoms with Gasteiger partial charge in [0.25, 0.3) is 0 Å². The monoisotopic (exact) mass is 490 g/mol. The number of hydrogen-bond donors (Lipinski definition) is 0. The molecule has 0 spiro atoms. The maximum absolute atomic E-state index is 3.67. The summed E-state index contributed by atoms with van der Waals surface area (Å²) in [7, 11) is -5.21. The molecule has 0 fully saturated rings. The largest absolute Gasteiger partial charge is 0.231 e. The van der Waals surface area contributed by atoms with Gasteiger partial charge in [-0.3, -0.25) is 0 Å². The van der Waals surface area contributed by atoms with E-state index in [-0.39, 0.29) is 0 Å². The molecule has 4 aromatic rings. The normalized spacial score (nSPS) is 10.2. The molecule has 0 aliphatic carbocycles. The van der Waals surface area contributed by atoms with Crippen LogP contribution in [0.15, 0.2) is 121 Å². The van der Waals surface area contributed by atoms with E-state index in [1.165, 1.54) is 0 Å². The van der Waals surface area contributed by atoms with Crippen LogP contribution < -0.4 is 0 Å². The molecule has 0 aromatic heterocycles. The summed E-state index contributed by atoms with van der Waals surface area (Å²) in [6.07, 6.45) is 0. The summed E-state index contributed by atoms with van der Waals surface area (Å²) in [6.45, 7) is 4.48. The summed E-state index contributed by atoms with van der Waals surface area (Å²) in [4.78, 5) is 0. The quantitative estimate of drug-likeness (QED) is 0.209. The fourth-order valence-corrected chi connectivity index (χ4v) is 9.89. The molecule has 0 aliphatic rings. The van der Waals surface area contributed by atoms with Crippen LogP contribution in [-0.4, -0.2) is 15.2 Å². The van der Waals surface area contributed by atoms with Crippen molar-refractivity contribution in [1.29, 1.82) is 0 Å². The number of hydrogen-bond acceptors (Lipinski definition) is 0. The molecule has 0 heterocycles. The van der Waals surface area contributed by atoms with Crippen LogP contribution in [-0.2, 0) is 0 Å². The van der Waals surface area contributed by atoms with Crippen molar-refractivity contribution in [2.45, 2.75) is 13.1 Å². The third kappa shape index (κ3) is 6.57. The molecule has 2 heteroatoms. The van der Waals surface area contributed by atoms with E-state index in [2.05, 4.69) is 59.0 Å². The summed E-state index contributed by atoms with van der Waals surface area (Å²) in [6, 6.07) is 40.4. The van der Waals surface area contributed by atoms with Crippen LogP contribution in [0.3, 0.4) is 0 Å². The lowest BCUT2D eigenvalue weighted by atomic mass is 10.2. The highest BCUT2D eigenvalue weighted by atomic mass is 29.3. The Bertz CT molecular complexity index is 1310. The van der Waals surface area contributed by atoms with Gasteiger partial charge in [-0.2, -0.15) is 0 Å². The second-order valence-electron chi connectivity index (χ2n) is 8.71. The first-order chi connectivity index (χ1) is 17.6. The highest BCUT2D eigenvalue weighted by Gasteiger charge is 2.47. The smallest absolute Gasteiger partial charge is 0.111 e. The van der Waals surface area contributed by atoms with Gasteiger partial charge >= 0.3 is 0 Å². The second kappa shape index (κ2) is 11.8. The van der Waals surface area contributed by atoms with Gasteiger partial charge in [-0.15, -0.1) is 22.2 Å². The van der Waals surface area contributed by atoms with Crippen molar-refractivity contribution >= 4 is 15.2 Å². The van der Waals surface area contributed by atoms with Gasteiger partial charge in [-0.1, -0.05) is 96.5 Å². The molecular formula is C34H26Si2. The molecular weight excluding hydrogens is 465 g/mol. The third-order valence-corrected chi connectivity index (χ3v) is 17.9. The van der Waals surface area contributed by atoms with Crippen LogP contribution >= 0.6 is 0 Å². The zero-order chi connectivity index (χ0) is 25.1. The van der Waals surface area contributed by atoms with Crippen molar-refractivity contribution < 1.29 is 0 Å². The lowest BCUT2D eigenvalue weighted by Crippen LogP contribution is -2.57. The van der Waals surface area contributed by atoms with Crippen LogP contribution in [0.2, 0.25) is 13.1 Å². The molecule has 0 atom stereocenters. The van der Waals surface area contributed by atoms with E-state index in [1.807, 2.05) is 121 Å². The average molecular weight is 491 g/mol. The minimum Gasteiger partial charge on any atom is -0.111 e. The summed E-state index contributed by atoms with van der Waals surface area (Å²) in [5.41, 5.74) is 18.6. The Hall–Kier alpha value is -4.45. The van der Waals surface area contributed by atoms with E-state index < -0.39 is 15.2 Å².